The molecule has 0 unspecified atom stereocenters. The molecule has 4 rings (SSSR count). The van der Waals surface area contributed by atoms with Gasteiger partial charge in [-0.2, -0.15) is 0 Å². The largest absolute Gasteiger partial charge is 0.497 e. The third-order valence-electron chi connectivity index (χ3n) is 5.88. The number of methoxy groups -OCH3 is 1. The number of benzene rings is 1. The first kappa shape index (κ1) is 22.1. The van der Waals surface area contributed by atoms with Gasteiger partial charge in [0.1, 0.15) is 11.3 Å². The number of hydrazine groups is 1. The minimum atomic E-state index is -0.472. The molecule has 0 saturated carbocycles. The van der Waals surface area contributed by atoms with Crippen LogP contribution in [0.1, 0.15) is 56.9 Å². The summed E-state index contributed by atoms with van der Waals surface area (Å²) in [6, 6.07) is 7.23. The zero-order chi connectivity index (χ0) is 22.7. The Balaban J connectivity index is 1.36. The number of amides is 2. The van der Waals surface area contributed by atoms with Gasteiger partial charge in [0.15, 0.2) is 0 Å². The minimum Gasteiger partial charge on any atom is -0.497 e. The van der Waals surface area contributed by atoms with Crippen molar-refractivity contribution in [1.29, 1.82) is 0 Å². The molecule has 0 atom stereocenters. The van der Waals surface area contributed by atoms with Crippen LogP contribution in [0, 0.1) is 6.92 Å². The third kappa shape index (κ3) is 4.70. The zero-order valence-corrected chi connectivity index (χ0v) is 19.0. The number of hydrogen-bond acceptors (Lipinski definition) is 6. The van der Waals surface area contributed by atoms with E-state index in [1.807, 2.05) is 19.1 Å². The van der Waals surface area contributed by atoms with E-state index in [0.29, 0.717) is 21.8 Å². The summed E-state index contributed by atoms with van der Waals surface area (Å²) in [6.07, 6.45) is 5.81. The lowest BCUT2D eigenvalue weighted by Crippen LogP contribution is -2.41. The molecular formula is C24H26N2O5S. The SMILES string of the molecule is COc1ccc2c(C)c(CCC(=O)NNC(=O)c3cc4c(s3)CCCCC4)c(=O)oc2c1. The molecule has 1 aromatic carbocycles. The second-order valence-electron chi connectivity index (χ2n) is 7.98. The summed E-state index contributed by atoms with van der Waals surface area (Å²) in [6.45, 7) is 1.83. The Morgan fingerprint density at radius 2 is 1.94 bits per heavy atom. The quantitative estimate of drug-likeness (QED) is 0.347. The highest BCUT2D eigenvalue weighted by atomic mass is 32.1. The molecule has 3 aromatic rings. The average Bonchev–Trinajstić information content (AvgIpc) is 3.07. The Labute approximate surface area is 189 Å². The van der Waals surface area contributed by atoms with E-state index in [1.165, 1.54) is 28.2 Å². The molecule has 32 heavy (non-hydrogen) atoms. The molecular weight excluding hydrogens is 428 g/mol. The van der Waals surface area contributed by atoms with Crippen molar-refractivity contribution < 1.29 is 18.7 Å². The van der Waals surface area contributed by atoms with Crippen LogP contribution in [0.5, 0.6) is 5.75 Å². The lowest BCUT2D eigenvalue weighted by atomic mass is 10.0. The van der Waals surface area contributed by atoms with Crippen molar-refractivity contribution in [2.75, 3.05) is 7.11 Å². The summed E-state index contributed by atoms with van der Waals surface area (Å²) >= 11 is 1.50. The molecule has 7 nitrogen and oxygen atoms in total. The fraction of sp³-hybridized carbons (Fsp3) is 0.375. The van der Waals surface area contributed by atoms with Crippen LogP contribution in [0.4, 0.5) is 0 Å². The molecule has 2 N–H and O–H groups in total. The number of thiophene rings is 1. The average molecular weight is 455 g/mol. The summed E-state index contributed by atoms with van der Waals surface area (Å²) in [5, 5.41) is 0.798. The van der Waals surface area contributed by atoms with Gasteiger partial charge in [0.25, 0.3) is 5.91 Å². The van der Waals surface area contributed by atoms with Gasteiger partial charge < -0.3 is 9.15 Å². The molecule has 0 bridgehead atoms. The van der Waals surface area contributed by atoms with Gasteiger partial charge in [-0.1, -0.05) is 6.42 Å². The summed E-state index contributed by atoms with van der Waals surface area (Å²) < 4.78 is 10.6. The summed E-state index contributed by atoms with van der Waals surface area (Å²) in [5.74, 6) is -0.0815. The normalized spacial score (nSPS) is 13.3. The van der Waals surface area contributed by atoms with Crippen LogP contribution in [-0.4, -0.2) is 18.9 Å². The van der Waals surface area contributed by atoms with Crippen molar-refractivity contribution in [2.24, 2.45) is 0 Å². The third-order valence-corrected chi connectivity index (χ3v) is 7.12. The van der Waals surface area contributed by atoms with Crippen LogP contribution in [0.15, 0.2) is 33.5 Å². The maximum absolute atomic E-state index is 12.4. The highest BCUT2D eigenvalue weighted by Crippen LogP contribution is 2.29. The standard InChI is InChI=1S/C24H26N2O5S/c1-14-17-9-8-16(30-2)13-19(17)31-24(29)18(14)10-11-22(27)25-26-23(28)21-12-15-6-4-3-5-7-20(15)32-21/h8-9,12-13H,3-7,10-11H2,1-2H3,(H,25,27)(H,26,28). The fourth-order valence-electron chi connectivity index (χ4n) is 4.06. The smallest absolute Gasteiger partial charge is 0.339 e. The first-order valence-electron chi connectivity index (χ1n) is 10.8. The summed E-state index contributed by atoms with van der Waals surface area (Å²) in [5.41, 5.74) is 7.39. The highest BCUT2D eigenvalue weighted by molar-refractivity contribution is 7.14. The predicted octanol–water partition coefficient (Wildman–Crippen LogP) is 3.83. The van der Waals surface area contributed by atoms with Crippen molar-refractivity contribution in [2.45, 2.75) is 51.9 Å². The van der Waals surface area contributed by atoms with Crippen molar-refractivity contribution in [3.63, 3.8) is 0 Å². The maximum atomic E-state index is 12.4. The number of carbonyl (C=O) groups is 2. The predicted molar refractivity (Wildman–Crippen MR) is 123 cm³/mol. The van der Waals surface area contributed by atoms with Crippen molar-refractivity contribution >= 4 is 34.1 Å². The number of fused-ring (bicyclic) bond motifs is 2. The second kappa shape index (κ2) is 9.56. The minimum absolute atomic E-state index is 0.0501. The number of nitrogens with one attached hydrogen (secondary N) is 2. The van der Waals surface area contributed by atoms with Crippen molar-refractivity contribution in [1.82, 2.24) is 10.9 Å². The molecule has 0 aliphatic heterocycles. The van der Waals surface area contributed by atoms with E-state index >= 15 is 0 Å². The molecule has 0 radical (unpaired) electrons. The van der Waals surface area contributed by atoms with Crippen LogP contribution in [-0.2, 0) is 24.1 Å². The molecule has 0 spiro atoms. The molecule has 1 aliphatic rings. The lowest BCUT2D eigenvalue weighted by molar-refractivity contribution is -0.121. The molecule has 1 aliphatic carbocycles. The van der Waals surface area contributed by atoms with Crippen LogP contribution >= 0.6 is 11.3 Å². The van der Waals surface area contributed by atoms with Crippen molar-refractivity contribution in [3.8, 4) is 5.75 Å². The van der Waals surface area contributed by atoms with Gasteiger partial charge >= 0.3 is 5.63 Å². The van der Waals surface area contributed by atoms with Crippen LogP contribution in [0.3, 0.4) is 0 Å². The van der Waals surface area contributed by atoms with Crippen molar-refractivity contribution in [3.05, 3.63) is 61.1 Å². The zero-order valence-electron chi connectivity index (χ0n) is 18.2. The van der Waals surface area contributed by atoms with E-state index < -0.39 is 5.63 Å². The Morgan fingerprint density at radius 3 is 2.75 bits per heavy atom. The van der Waals surface area contributed by atoms with E-state index in [-0.39, 0.29) is 24.7 Å². The Kier molecular flexibility index (Phi) is 6.60. The molecule has 2 amide bonds. The fourth-order valence-corrected chi connectivity index (χ4v) is 5.21. The molecule has 8 heteroatoms. The second-order valence-corrected chi connectivity index (χ2v) is 9.11. The van der Waals surface area contributed by atoms with Crippen LogP contribution in [0.25, 0.3) is 11.0 Å². The Morgan fingerprint density at radius 1 is 1.12 bits per heavy atom. The van der Waals surface area contributed by atoms with Gasteiger partial charge in [-0.15, -0.1) is 11.3 Å². The van der Waals surface area contributed by atoms with Gasteiger partial charge in [0, 0.05) is 28.3 Å². The van der Waals surface area contributed by atoms with Crippen LogP contribution in [0.2, 0.25) is 0 Å². The van der Waals surface area contributed by atoms with Gasteiger partial charge in [-0.3, -0.25) is 20.4 Å². The van der Waals surface area contributed by atoms with E-state index in [1.54, 1.807) is 19.2 Å². The summed E-state index contributed by atoms with van der Waals surface area (Å²) in [7, 11) is 1.55. The van der Waals surface area contributed by atoms with Gasteiger partial charge in [0.2, 0.25) is 5.91 Å². The molecule has 0 fully saturated rings. The maximum Gasteiger partial charge on any atom is 0.339 e. The molecule has 2 aromatic heterocycles. The van der Waals surface area contributed by atoms with Gasteiger partial charge in [-0.05, 0) is 68.4 Å². The first-order valence-corrected chi connectivity index (χ1v) is 11.6. The molecule has 0 saturated heterocycles. The van der Waals surface area contributed by atoms with E-state index in [0.717, 1.165) is 36.6 Å². The van der Waals surface area contributed by atoms with E-state index in [2.05, 4.69) is 10.9 Å². The monoisotopic (exact) mass is 454 g/mol. The Bertz CT molecular complexity index is 1200. The summed E-state index contributed by atoms with van der Waals surface area (Å²) in [4.78, 5) is 39.0. The molecule has 2 heterocycles. The topological polar surface area (TPSA) is 97.6 Å². The first-order chi connectivity index (χ1) is 15.5. The lowest BCUT2D eigenvalue weighted by Gasteiger charge is -2.09. The van der Waals surface area contributed by atoms with Crippen LogP contribution < -0.4 is 21.2 Å². The number of ether oxygens (including phenoxy) is 1. The van der Waals surface area contributed by atoms with Gasteiger partial charge in [-0.25, -0.2) is 4.79 Å². The number of aryl methyl sites for hydroxylation is 3. The van der Waals surface area contributed by atoms with Gasteiger partial charge in [0.05, 0.1) is 12.0 Å². The number of hydrogen-bond donors (Lipinski definition) is 2. The molecule has 168 valence electrons. The number of carbonyl (C=O) groups excluding carboxylic acids is 2. The van der Waals surface area contributed by atoms with E-state index in [9.17, 15) is 14.4 Å². The Hall–Kier alpha value is -3.13. The highest BCUT2D eigenvalue weighted by Gasteiger charge is 2.18. The van der Waals surface area contributed by atoms with E-state index in [4.69, 9.17) is 9.15 Å². The number of rotatable bonds is 5.